The Hall–Kier alpha value is -2.28. The molecule has 1 aliphatic rings. The van der Waals surface area contributed by atoms with Crippen molar-refractivity contribution in [2.24, 2.45) is 5.92 Å². The summed E-state index contributed by atoms with van der Waals surface area (Å²) in [5.74, 6) is -0.300. The van der Waals surface area contributed by atoms with Crippen LogP contribution < -0.4 is 15.5 Å². The molecule has 0 aromatic heterocycles. The van der Waals surface area contributed by atoms with Gasteiger partial charge in [-0.1, -0.05) is 20.8 Å². The van der Waals surface area contributed by atoms with Crippen molar-refractivity contribution >= 4 is 23.4 Å². The fraction of sp³-hybridized carbons (Fsp3) is 0.600. The number of hydrogen-bond donors (Lipinski definition) is 2. The van der Waals surface area contributed by atoms with Gasteiger partial charge in [0.1, 0.15) is 6.04 Å². The molecule has 7 heteroatoms. The van der Waals surface area contributed by atoms with E-state index in [0.29, 0.717) is 5.69 Å². The zero-order valence-electron chi connectivity index (χ0n) is 16.8. The number of alkyl carbamates (subject to hydrolysis) is 1. The summed E-state index contributed by atoms with van der Waals surface area (Å²) in [5, 5.41) is 5.51. The zero-order chi connectivity index (χ0) is 19.8. The highest BCUT2D eigenvalue weighted by Gasteiger charge is 2.25. The van der Waals surface area contributed by atoms with Crippen molar-refractivity contribution < 1.29 is 14.3 Å². The first-order valence-corrected chi connectivity index (χ1v) is 9.76. The quantitative estimate of drug-likeness (QED) is 0.765. The maximum Gasteiger partial charge on any atom is 0.407 e. The van der Waals surface area contributed by atoms with Crippen molar-refractivity contribution in [3.05, 3.63) is 24.3 Å². The van der Waals surface area contributed by atoms with E-state index in [-0.39, 0.29) is 18.4 Å². The van der Waals surface area contributed by atoms with E-state index in [2.05, 4.69) is 27.4 Å². The molecular formula is C20H32N4O3. The van der Waals surface area contributed by atoms with Gasteiger partial charge < -0.3 is 25.2 Å². The molecule has 1 atom stereocenters. The van der Waals surface area contributed by atoms with Gasteiger partial charge in [0, 0.05) is 37.6 Å². The molecule has 2 amide bonds. The Morgan fingerprint density at radius 3 is 2.22 bits per heavy atom. The first-order chi connectivity index (χ1) is 12.9. The average molecular weight is 377 g/mol. The largest absolute Gasteiger partial charge is 0.450 e. The Bertz CT molecular complexity index is 610. The second-order valence-corrected chi connectivity index (χ2v) is 7.04. The lowest BCUT2D eigenvalue weighted by atomic mass is 10.0. The predicted molar refractivity (Wildman–Crippen MR) is 108 cm³/mol. The van der Waals surface area contributed by atoms with Gasteiger partial charge in [0.25, 0.3) is 0 Å². The number of hydrogen-bond acceptors (Lipinski definition) is 5. The van der Waals surface area contributed by atoms with Crippen molar-refractivity contribution in [1.29, 1.82) is 0 Å². The molecule has 27 heavy (non-hydrogen) atoms. The second-order valence-electron chi connectivity index (χ2n) is 7.04. The minimum atomic E-state index is -0.647. The summed E-state index contributed by atoms with van der Waals surface area (Å²) < 4.78 is 4.88. The summed E-state index contributed by atoms with van der Waals surface area (Å²) in [5.41, 5.74) is 1.88. The van der Waals surface area contributed by atoms with Crippen LogP contribution in [0.2, 0.25) is 0 Å². The van der Waals surface area contributed by atoms with Crippen LogP contribution in [0, 0.1) is 5.92 Å². The topological polar surface area (TPSA) is 73.9 Å². The highest BCUT2D eigenvalue weighted by molar-refractivity contribution is 5.96. The summed E-state index contributed by atoms with van der Waals surface area (Å²) in [7, 11) is 0. The number of carbonyl (C=O) groups excluding carboxylic acids is 2. The Kier molecular flexibility index (Phi) is 7.91. The molecule has 2 N–H and O–H groups in total. The Labute approximate surface area is 162 Å². The van der Waals surface area contributed by atoms with Crippen molar-refractivity contribution in [2.45, 2.75) is 33.7 Å². The number of piperazine rings is 1. The SMILES string of the molecule is CCOC(=O)NC(C(=O)Nc1ccc(N2CCN(CC)CC2)cc1)C(C)C. The van der Waals surface area contributed by atoms with E-state index in [1.165, 1.54) is 0 Å². The van der Waals surface area contributed by atoms with E-state index in [9.17, 15) is 9.59 Å². The van der Waals surface area contributed by atoms with E-state index in [0.717, 1.165) is 38.4 Å². The van der Waals surface area contributed by atoms with Gasteiger partial charge >= 0.3 is 6.09 Å². The van der Waals surface area contributed by atoms with Gasteiger partial charge in [0.05, 0.1) is 6.61 Å². The van der Waals surface area contributed by atoms with E-state index in [1.54, 1.807) is 6.92 Å². The monoisotopic (exact) mass is 376 g/mol. The Morgan fingerprint density at radius 1 is 1.07 bits per heavy atom. The summed E-state index contributed by atoms with van der Waals surface area (Å²) in [6.45, 7) is 13.2. The molecule has 1 fully saturated rings. The van der Waals surface area contributed by atoms with Crippen LogP contribution in [0.1, 0.15) is 27.7 Å². The molecule has 0 saturated carbocycles. The summed E-state index contributed by atoms with van der Waals surface area (Å²) >= 11 is 0. The maximum atomic E-state index is 12.6. The van der Waals surface area contributed by atoms with Crippen LogP contribution in [0.25, 0.3) is 0 Å². The number of carbonyl (C=O) groups is 2. The van der Waals surface area contributed by atoms with Crippen LogP contribution in [-0.4, -0.2) is 62.3 Å². The van der Waals surface area contributed by atoms with Crippen molar-refractivity contribution in [3.63, 3.8) is 0 Å². The molecule has 7 nitrogen and oxygen atoms in total. The average Bonchev–Trinajstić information content (AvgIpc) is 2.66. The molecule has 1 aliphatic heterocycles. The van der Waals surface area contributed by atoms with Crippen LogP contribution in [0.5, 0.6) is 0 Å². The molecule has 1 unspecified atom stereocenters. The van der Waals surface area contributed by atoms with Crippen LogP contribution in [0.15, 0.2) is 24.3 Å². The van der Waals surface area contributed by atoms with Gasteiger partial charge in [-0.15, -0.1) is 0 Å². The number of ether oxygens (including phenoxy) is 1. The minimum Gasteiger partial charge on any atom is -0.450 e. The summed E-state index contributed by atoms with van der Waals surface area (Å²) in [6.07, 6.45) is -0.576. The van der Waals surface area contributed by atoms with Crippen LogP contribution in [-0.2, 0) is 9.53 Å². The van der Waals surface area contributed by atoms with Crippen LogP contribution >= 0.6 is 0 Å². The third-order valence-corrected chi connectivity index (χ3v) is 4.82. The van der Waals surface area contributed by atoms with Gasteiger partial charge in [-0.2, -0.15) is 0 Å². The highest BCUT2D eigenvalue weighted by atomic mass is 16.5. The Morgan fingerprint density at radius 2 is 1.70 bits per heavy atom. The number of benzene rings is 1. The van der Waals surface area contributed by atoms with Crippen molar-refractivity contribution in [2.75, 3.05) is 49.5 Å². The molecule has 1 aromatic rings. The van der Waals surface area contributed by atoms with E-state index in [4.69, 9.17) is 4.74 Å². The summed E-state index contributed by atoms with van der Waals surface area (Å²) in [6, 6.07) is 7.22. The van der Waals surface area contributed by atoms with E-state index >= 15 is 0 Å². The lowest BCUT2D eigenvalue weighted by Gasteiger charge is -2.35. The van der Waals surface area contributed by atoms with Gasteiger partial charge in [-0.3, -0.25) is 4.79 Å². The van der Waals surface area contributed by atoms with Crippen molar-refractivity contribution in [3.8, 4) is 0 Å². The van der Waals surface area contributed by atoms with E-state index in [1.807, 2.05) is 38.1 Å². The van der Waals surface area contributed by atoms with E-state index < -0.39 is 12.1 Å². The molecule has 1 aromatic carbocycles. The number of amides is 2. The minimum absolute atomic E-state index is 0.0523. The number of nitrogens with zero attached hydrogens (tertiary/aromatic N) is 2. The first kappa shape index (κ1) is 21.0. The van der Waals surface area contributed by atoms with Gasteiger partial charge in [0.15, 0.2) is 0 Å². The standard InChI is InChI=1S/C20H32N4O3/c1-5-23-11-13-24(14-12-23)17-9-7-16(8-10-17)21-19(25)18(15(3)4)22-20(26)27-6-2/h7-10,15,18H,5-6,11-14H2,1-4H3,(H,21,25)(H,22,26). The smallest absolute Gasteiger partial charge is 0.407 e. The molecule has 0 bridgehead atoms. The lowest BCUT2D eigenvalue weighted by molar-refractivity contribution is -0.119. The number of nitrogens with one attached hydrogen (secondary N) is 2. The molecule has 1 saturated heterocycles. The highest BCUT2D eigenvalue weighted by Crippen LogP contribution is 2.20. The van der Waals surface area contributed by atoms with Crippen LogP contribution in [0.4, 0.5) is 16.2 Å². The third-order valence-electron chi connectivity index (χ3n) is 4.82. The van der Waals surface area contributed by atoms with Gasteiger partial charge in [-0.25, -0.2) is 4.79 Å². The third kappa shape index (κ3) is 6.13. The molecular weight excluding hydrogens is 344 g/mol. The molecule has 0 spiro atoms. The fourth-order valence-electron chi connectivity index (χ4n) is 3.13. The summed E-state index contributed by atoms with van der Waals surface area (Å²) in [4.78, 5) is 29.0. The molecule has 0 aliphatic carbocycles. The van der Waals surface area contributed by atoms with Gasteiger partial charge in [-0.05, 0) is 43.7 Å². The molecule has 150 valence electrons. The van der Waals surface area contributed by atoms with Crippen molar-refractivity contribution in [1.82, 2.24) is 10.2 Å². The zero-order valence-corrected chi connectivity index (χ0v) is 16.8. The molecule has 2 rings (SSSR count). The maximum absolute atomic E-state index is 12.6. The van der Waals surface area contributed by atoms with Crippen LogP contribution in [0.3, 0.4) is 0 Å². The first-order valence-electron chi connectivity index (χ1n) is 9.76. The normalized spacial score (nSPS) is 16.1. The molecule has 0 radical (unpaired) electrons. The predicted octanol–water partition coefficient (Wildman–Crippen LogP) is 2.54. The lowest BCUT2D eigenvalue weighted by Crippen LogP contribution is -2.47. The van der Waals surface area contributed by atoms with Gasteiger partial charge in [0.2, 0.25) is 5.91 Å². The Balaban J connectivity index is 1.94. The fourth-order valence-corrected chi connectivity index (χ4v) is 3.13. The molecule has 1 heterocycles. The number of likely N-dealkylation sites (N-methyl/N-ethyl adjacent to an activating group) is 1. The second kappa shape index (κ2) is 10.2. The number of anilines is 2. The number of rotatable bonds is 7.